The van der Waals surface area contributed by atoms with Gasteiger partial charge in [0.1, 0.15) is 0 Å². The quantitative estimate of drug-likeness (QED) is 0.905. The molecule has 2 N–H and O–H groups in total. The zero-order valence-electron chi connectivity index (χ0n) is 10.2. The summed E-state index contributed by atoms with van der Waals surface area (Å²) in [5, 5.41) is 12.9. The number of hydrogen-bond donors (Lipinski definition) is 2. The first-order valence-corrected chi connectivity index (χ1v) is 5.92. The highest BCUT2D eigenvalue weighted by Gasteiger charge is 2.09. The van der Waals surface area contributed by atoms with Crippen molar-refractivity contribution >= 4 is 23.2 Å². The van der Waals surface area contributed by atoms with Crippen LogP contribution in [0.2, 0.25) is 5.02 Å². The number of methoxy groups -OCH3 is 1. The van der Waals surface area contributed by atoms with Crippen molar-refractivity contribution in [1.82, 2.24) is 0 Å². The third kappa shape index (κ3) is 3.17. The zero-order valence-corrected chi connectivity index (χ0v) is 10.9. The molecule has 0 heterocycles. The molecule has 0 unspecified atom stereocenters. The first-order chi connectivity index (χ1) is 9.10. The lowest BCUT2D eigenvalue weighted by Crippen LogP contribution is -2.11. The fourth-order valence-corrected chi connectivity index (χ4v) is 1.79. The van der Waals surface area contributed by atoms with Gasteiger partial charge in [0.25, 0.3) is 5.91 Å². The van der Waals surface area contributed by atoms with Crippen molar-refractivity contribution in [3.05, 3.63) is 53.1 Å². The van der Waals surface area contributed by atoms with E-state index in [1.54, 1.807) is 30.3 Å². The van der Waals surface area contributed by atoms with Crippen molar-refractivity contribution < 1.29 is 14.6 Å². The summed E-state index contributed by atoms with van der Waals surface area (Å²) < 4.78 is 4.91. The highest BCUT2D eigenvalue weighted by molar-refractivity contribution is 6.30. The lowest BCUT2D eigenvalue weighted by atomic mass is 10.2. The van der Waals surface area contributed by atoms with E-state index in [2.05, 4.69) is 5.32 Å². The van der Waals surface area contributed by atoms with Crippen LogP contribution in [0.1, 0.15) is 10.4 Å². The molecule has 0 radical (unpaired) electrons. The van der Waals surface area contributed by atoms with Crippen LogP contribution >= 0.6 is 11.6 Å². The first-order valence-electron chi connectivity index (χ1n) is 5.54. The van der Waals surface area contributed by atoms with Crippen molar-refractivity contribution in [2.75, 3.05) is 12.4 Å². The third-order valence-corrected chi connectivity index (χ3v) is 2.76. The Morgan fingerprint density at radius 2 is 2.05 bits per heavy atom. The highest BCUT2D eigenvalue weighted by atomic mass is 35.5. The van der Waals surface area contributed by atoms with Gasteiger partial charge >= 0.3 is 0 Å². The minimum Gasteiger partial charge on any atom is -0.504 e. The molecule has 0 spiro atoms. The molecule has 2 rings (SSSR count). The van der Waals surface area contributed by atoms with Crippen LogP contribution in [-0.4, -0.2) is 18.1 Å². The lowest BCUT2D eigenvalue weighted by molar-refractivity contribution is 0.102. The van der Waals surface area contributed by atoms with Crippen molar-refractivity contribution in [2.45, 2.75) is 0 Å². The molecule has 0 saturated heterocycles. The SMILES string of the molecule is COc1ccc(C(=O)Nc2cccc(Cl)c2)cc1O. The summed E-state index contributed by atoms with van der Waals surface area (Å²) in [4.78, 5) is 12.0. The largest absolute Gasteiger partial charge is 0.504 e. The molecule has 19 heavy (non-hydrogen) atoms. The number of phenols is 1. The smallest absolute Gasteiger partial charge is 0.255 e. The Hall–Kier alpha value is -2.20. The van der Waals surface area contributed by atoms with Crippen molar-refractivity contribution in [2.24, 2.45) is 0 Å². The zero-order chi connectivity index (χ0) is 13.8. The van der Waals surface area contributed by atoms with E-state index in [1.807, 2.05) is 0 Å². The molecule has 0 aliphatic carbocycles. The second-order valence-corrected chi connectivity index (χ2v) is 4.29. The van der Waals surface area contributed by atoms with E-state index in [-0.39, 0.29) is 11.7 Å². The average molecular weight is 278 g/mol. The summed E-state index contributed by atoms with van der Waals surface area (Å²) in [5.74, 6) is -0.0965. The number of rotatable bonds is 3. The second kappa shape index (κ2) is 5.63. The topological polar surface area (TPSA) is 58.6 Å². The van der Waals surface area contributed by atoms with Gasteiger partial charge in [-0.1, -0.05) is 17.7 Å². The van der Waals surface area contributed by atoms with Gasteiger partial charge in [0.05, 0.1) is 7.11 Å². The average Bonchev–Trinajstić information content (AvgIpc) is 2.38. The number of hydrogen-bond acceptors (Lipinski definition) is 3. The molecule has 0 bridgehead atoms. The molecule has 0 saturated carbocycles. The monoisotopic (exact) mass is 277 g/mol. The fraction of sp³-hybridized carbons (Fsp3) is 0.0714. The number of carbonyl (C=O) groups excluding carboxylic acids is 1. The minimum absolute atomic E-state index is 0.0822. The maximum absolute atomic E-state index is 12.0. The maximum Gasteiger partial charge on any atom is 0.255 e. The summed E-state index contributed by atoms with van der Waals surface area (Å²) in [5.41, 5.74) is 0.922. The van der Waals surface area contributed by atoms with E-state index in [0.29, 0.717) is 22.0 Å². The molecule has 0 aliphatic heterocycles. The molecule has 2 aromatic carbocycles. The number of halogens is 1. The Morgan fingerprint density at radius 3 is 2.68 bits per heavy atom. The maximum atomic E-state index is 12.0. The van der Waals surface area contributed by atoms with Crippen molar-refractivity contribution in [3.8, 4) is 11.5 Å². The van der Waals surface area contributed by atoms with E-state index < -0.39 is 0 Å². The van der Waals surface area contributed by atoms with Gasteiger partial charge in [-0.15, -0.1) is 0 Å². The predicted molar refractivity (Wildman–Crippen MR) is 74.1 cm³/mol. The van der Waals surface area contributed by atoms with Gasteiger partial charge in [-0.2, -0.15) is 0 Å². The molecule has 0 aromatic heterocycles. The number of anilines is 1. The lowest BCUT2D eigenvalue weighted by Gasteiger charge is -2.07. The van der Waals surface area contributed by atoms with Crippen LogP contribution in [0.25, 0.3) is 0 Å². The molecule has 0 aliphatic rings. The van der Waals surface area contributed by atoms with Crippen LogP contribution < -0.4 is 10.1 Å². The summed E-state index contributed by atoms with van der Waals surface area (Å²) in [6, 6.07) is 11.3. The van der Waals surface area contributed by atoms with Crippen LogP contribution in [0, 0.1) is 0 Å². The molecule has 2 aromatic rings. The van der Waals surface area contributed by atoms with E-state index in [9.17, 15) is 9.90 Å². The number of aromatic hydroxyl groups is 1. The Bertz CT molecular complexity index is 613. The fourth-order valence-electron chi connectivity index (χ4n) is 1.60. The molecule has 5 heteroatoms. The van der Waals surface area contributed by atoms with Crippen molar-refractivity contribution in [3.63, 3.8) is 0 Å². The molecule has 4 nitrogen and oxygen atoms in total. The Kier molecular flexibility index (Phi) is 3.92. The van der Waals surface area contributed by atoms with Gasteiger partial charge in [0.2, 0.25) is 0 Å². The van der Waals surface area contributed by atoms with Gasteiger partial charge < -0.3 is 15.2 Å². The standard InChI is InChI=1S/C14H12ClNO3/c1-19-13-6-5-9(7-12(13)17)14(18)16-11-4-2-3-10(15)8-11/h2-8,17H,1H3,(H,16,18). The predicted octanol–water partition coefficient (Wildman–Crippen LogP) is 3.31. The Balaban J connectivity index is 2.18. The minimum atomic E-state index is -0.333. The molecule has 98 valence electrons. The molecule has 0 fully saturated rings. The van der Waals surface area contributed by atoms with E-state index in [1.165, 1.54) is 19.2 Å². The number of nitrogens with one attached hydrogen (secondary N) is 1. The highest BCUT2D eigenvalue weighted by Crippen LogP contribution is 2.26. The summed E-state index contributed by atoms with van der Waals surface area (Å²) in [7, 11) is 1.45. The Labute approximate surface area is 115 Å². The first kappa shape index (κ1) is 13.2. The van der Waals surface area contributed by atoms with Gasteiger partial charge in [-0.3, -0.25) is 4.79 Å². The molecular weight excluding hydrogens is 266 g/mol. The van der Waals surface area contributed by atoms with Crippen LogP contribution in [0.4, 0.5) is 5.69 Å². The summed E-state index contributed by atoms with van der Waals surface area (Å²) >= 11 is 5.83. The van der Waals surface area contributed by atoms with Crippen LogP contribution in [-0.2, 0) is 0 Å². The van der Waals surface area contributed by atoms with E-state index in [0.717, 1.165) is 0 Å². The van der Waals surface area contributed by atoms with Gasteiger partial charge in [0.15, 0.2) is 11.5 Å². The van der Waals surface area contributed by atoms with Gasteiger partial charge in [-0.25, -0.2) is 0 Å². The second-order valence-electron chi connectivity index (χ2n) is 3.85. The number of carbonyl (C=O) groups is 1. The Morgan fingerprint density at radius 1 is 1.26 bits per heavy atom. The van der Waals surface area contributed by atoms with Crippen molar-refractivity contribution in [1.29, 1.82) is 0 Å². The van der Waals surface area contributed by atoms with Crippen LogP contribution in [0.5, 0.6) is 11.5 Å². The number of benzene rings is 2. The van der Waals surface area contributed by atoms with E-state index in [4.69, 9.17) is 16.3 Å². The van der Waals surface area contributed by atoms with E-state index >= 15 is 0 Å². The molecular formula is C14H12ClNO3. The number of phenolic OH excluding ortho intramolecular Hbond substituents is 1. The van der Waals surface area contributed by atoms with Crippen LogP contribution in [0.15, 0.2) is 42.5 Å². The van der Waals surface area contributed by atoms with Crippen LogP contribution in [0.3, 0.4) is 0 Å². The third-order valence-electron chi connectivity index (χ3n) is 2.52. The normalized spacial score (nSPS) is 10.0. The van der Waals surface area contributed by atoms with Gasteiger partial charge in [0, 0.05) is 16.3 Å². The molecule has 1 amide bonds. The summed E-state index contributed by atoms with van der Waals surface area (Å²) in [6.45, 7) is 0. The number of amides is 1. The molecule has 0 atom stereocenters. The summed E-state index contributed by atoms with van der Waals surface area (Å²) in [6.07, 6.45) is 0. The van der Waals surface area contributed by atoms with Gasteiger partial charge in [-0.05, 0) is 36.4 Å². The number of ether oxygens (including phenoxy) is 1.